The van der Waals surface area contributed by atoms with Crippen molar-refractivity contribution in [2.45, 2.75) is 60.3 Å². The lowest BCUT2D eigenvalue weighted by molar-refractivity contribution is -0.136. The Morgan fingerprint density at radius 1 is 1.12 bits per heavy atom. The van der Waals surface area contributed by atoms with Gasteiger partial charge in [-0.25, -0.2) is 4.68 Å². The SMILES string of the molecule is COCCN(CC(=O)Nc1cc(C(C)(C)C)nn1-c1ccccc1C)C(=O)CC(C)(C)C. The van der Waals surface area contributed by atoms with Gasteiger partial charge in [0, 0.05) is 31.6 Å². The Kier molecular flexibility index (Phi) is 8.24. The standard InChI is InChI=1S/C25H38N4O3/c1-18-11-9-10-12-19(18)29-21(15-20(27-29)25(5,6)7)26-22(30)17-28(13-14-32-8)23(31)16-24(2,3)4/h9-12,15H,13-14,16-17H2,1-8H3,(H,26,30). The van der Waals surface area contributed by atoms with E-state index in [1.165, 1.54) is 0 Å². The van der Waals surface area contributed by atoms with Crippen LogP contribution in [-0.4, -0.2) is 53.3 Å². The monoisotopic (exact) mass is 442 g/mol. The number of carbonyl (C=O) groups excluding carboxylic acids is 2. The van der Waals surface area contributed by atoms with E-state index in [1.807, 2.05) is 58.0 Å². The average molecular weight is 443 g/mol. The molecule has 0 aliphatic rings. The summed E-state index contributed by atoms with van der Waals surface area (Å²) in [6, 6.07) is 9.81. The zero-order valence-corrected chi connectivity index (χ0v) is 20.8. The number of hydrogen-bond acceptors (Lipinski definition) is 4. The number of nitrogens with zero attached hydrogens (tertiary/aromatic N) is 3. The predicted molar refractivity (Wildman–Crippen MR) is 128 cm³/mol. The minimum atomic E-state index is -0.265. The van der Waals surface area contributed by atoms with E-state index >= 15 is 0 Å². The summed E-state index contributed by atoms with van der Waals surface area (Å²) in [7, 11) is 1.58. The molecule has 0 aliphatic carbocycles. The lowest BCUT2D eigenvalue weighted by Gasteiger charge is -2.26. The van der Waals surface area contributed by atoms with Gasteiger partial charge in [0.05, 0.1) is 24.5 Å². The van der Waals surface area contributed by atoms with Gasteiger partial charge in [0.25, 0.3) is 0 Å². The molecule has 0 aliphatic heterocycles. The average Bonchev–Trinajstić information content (AvgIpc) is 3.08. The number of amides is 2. The molecule has 0 atom stereocenters. The zero-order valence-electron chi connectivity index (χ0n) is 20.8. The van der Waals surface area contributed by atoms with Crippen LogP contribution in [0.25, 0.3) is 5.69 Å². The van der Waals surface area contributed by atoms with Crippen molar-refractivity contribution < 1.29 is 14.3 Å². The third kappa shape index (κ3) is 7.19. The fourth-order valence-corrected chi connectivity index (χ4v) is 3.24. The number of aromatic nitrogens is 2. The first-order chi connectivity index (χ1) is 14.8. The summed E-state index contributed by atoms with van der Waals surface area (Å²) in [5.41, 5.74) is 2.48. The van der Waals surface area contributed by atoms with E-state index in [-0.39, 0.29) is 29.2 Å². The number of rotatable bonds is 8. The van der Waals surface area contributed by atoms with Gasteiger partial charge in [0.1, 0.15) is 5.82 Å². The van der Waals surface area contributed by atoms with Crippen molar-refractivity contribution in [2.75, 3.05) is 32.1 Å². The third-order valence-electron chi connectivity index (χ3n) is 5.02. The van der Waals surface area contributed by atoms with Gasteiger partial charge >= 0.3 is 0 Å². The van der Waals surface area contributed by atoms with E-state index in [9.17, 15) is 9.59 Å². The molecular weight excluding hydrogens is 404 g/mol. The zero-order chi connectivity index (χ0) is 24.1. The van der Waals surface area contributed by atoms with Crippen molar-refractivity contribution in [2.24, 2.45) is 5.41 Å². The lowest BCUT2D eigenvalue weighted by atomic mass is 9.91. The van der Waals surface area contributed by atoms with Crippen LogP contribution in [0.15, 0.2) is 30.3 Å². The van der Waals surface area contributed by atoms with E-state index in [0.29, 0.717) is 25.4 Å². The Morgan fingerprint density at radius 2 is 1.78 bits per heavy atom. The van der Waals surface area contributed by atoms with Crippen LogP contribution in [-0.2, 0) is 19.7 Å². The Bertz CT molecular complexity index is 935. The minimum absolute atomic E-state index is 0.0396. The van der Waals surface area contributed by atoms with Crippen molar-refractivity contribution in [1.29, 1.82) is 0 Å². The molecule has 2 rings (SSSR count). The first-order valence-electron chi connectivity index (χ1n) is 11.0. The topological polar surface area (TPSA) is 76.5 Å². The van der Waals surface area contributed by atoms with Gasteiger partial charge in [-0.2, -0.15) is 5.10 Å². The minimum Gasteiger partial charge on any atom is -0.383 e. The van der Waals surface area contributed by atoms with Crippen LogP contribution in [0.2, 0.25) is 0 Å². The third-order valence-corrected chi connectivity index (χ3v) is 5.02. The fraction of sp³-hybridized carbons (Fsp3) is 0.560. The Balaban J connectivity index is 2.29. The van der Waals surface area contributed by atoms with Crippen molar-refractivity contribution >= 4 is 17.6 Å². The van der Waals surface area contributed by atoms with E-state index in [1.54, 1.807) is 16.7 Å². The maximum Gasteiger partial charge on any atom is 0.245 e. The molecule has 0 spiro atoms. The summed E-state index contributed by atoms with van der Waals surface area (Å²) < 4.78 is 6.91. The molecule has 1 aromatic heterocycles. The Hall–Kier alpha value is -2.67. The van der Waals surface area contributed by atoms with Crippen LogP contribution in [0.5, 0.6) is 0 Å². The van der Waals surface area contributed by atoms with Crippen LogP contribution < -0.4 is 5.32 Å². The van der Waals surface area contributed by atoms with Crippen LogP contribution in [0, 0.1) is 12.3 Å². The fourth-order valence-electron chi connectivity index (χ4n) is 3.24. The van der Waals surface area contributed by atoms with Gasteiger partial charge in [-0.15, -0.1) is 0 Å². The number of nitrogens with one attached hydrogen (secondary N) is 1. The normalized spacial score (nSPS) is 12.0. The lowest BCUT2D eigenvalue weighted by Crippen LogP contribution is -2.41. The number of methoxy groups -OCH3 is 1. The van der Waals surface area contributed by atoms with Crippen molar-refractivity contribution in [3.05, 3.63) is 41.6 Å². The van der Waals surface area contributed by atoms with Gasteiger partial charge in [0.2, 0.25) is 11.8 Å². The molecule has 2 amide bonds. The highest BCUT2D eigenvalue weighted by molar-refractivity contribution is 5.94. The summed E-state index contributed by atoms with van der Waals surface area (Å²) in [4.78, 5) is 27.3. The molecule has 0 radical (unpaired) electrons. The molecule has 0 saturated carbocycles. The van der Waals surface area contributed by atoms with Crippen molar-refractivity contribution in [1.82, 2.24) is 14.7 Å². The summed E-state index contributed by atoms with van der Waals surface area (Å²) in [6.45, 7) is 15.0. The van der Waals surface area contributed by atoms with Gasteiger partial charge in [-0.3, -0.25) is 9.59 Å². The highest BCUT2D eigenvalue weighted by Crippen LogP contribution is 2.27. The predicted octanol–water partition coefficient (Wildman–Crippen LogP) is 4.33. The number of carbonyl (C=O) groups is 2. The first kappa shape index (κ1) is 25.6. The van der Waals surface area contributed by atoms with E-state index in [4.69, 9.17) is 9.84 Å². The molecule has 1 N–H and O–H groups in total. The Labute approximate surface area is 192 Å². The maximum absolute atomic E-state index is 13.0. The molecule has 1 heterocycles. The van der Waals surface area contributed by atoms with Gasteiger partial charge < -0.3 is 15.0 Å². The molecule has 1 aromatic carbocycles. The van der Waals surface area contributed by atoms with E-state index < -0.39 is 0 Å². The Morgan fingerprint density at radius 3 is 2.34 bits per heavy atom. The number of anilines is 1. The molecule has 0 unspecified atom stereocenters. The second-order valence-corrected chi connectivity index (χ2v) is 10.5. The summed E-state index contributed by atoms with van der Waals surface area (Å²) >= 11 is 0. The molecular formula is C25H38N4O3. The van der Waals surface area contributed by atoms with Crippen molar-refractivity contribution in [3.8, 4) is 5.69 Å². The molecule has 32 heavy (non-hydrogen) atoms. The molecule has 7 nitrogen and oxygen atoms in total. The molecule has 0 saturated heterocycles. The van der Waals surface area contributed by atoms with E-state index in [2.05, 4.69) is 26.1 Å². The number of aryl methyl sites for hydroxylation is 1. The highest BCUT2D eigenvalue weighted by Gasteiger charge is 2.25. The summed E-state index contributed by atoms with van der Waals surface area (Å²) in [5, 5.41) is 7.76. The number of ether oxygens (including phenoxy) is 1. The van der Waals surface area contributed by atoms with Gasteiger partial charge in [-0.1, -0.05) is 59.7 Å². The first-order valence-corrected chi connectivity index (χ1v) is 11.0. The van der Waals surface area contributed by atoms with E-state index in [0.717, 1.165) is 16.9 Å². The van der Waals surface area contributed by atoms with Crippen LogP contribution >= 0.6 is 0 Å². The van der Waals surface area contributed by atoms with Crippen LogP contribution in [0.1, 0.15) is 59.2 Å². The number of benzene rings is 1. The number of para-hydroxylation sites is 1. The quantitative estimate of drug-likeness (QED) is 0.660. The second-order valence-electron chi connectivity index (χ2n) is 10.5. The van der Waals surface area contributed by atoms with Crippen molar-refractivity contribution in [3.63, 3.8) is 0 Å². The molecule has 2 aromatic rings. The van der Waals surface area contributed by atoms with Gasteiger partial charge in [-0.05, 0) is 24.0 Å². The summed E-state index contributed by atoms with van der Waals surface area (Å²) in [6.07, 6.45) is 0.360. The maximum atomic E-state index is 13.0. The molecule has 0 fully saturated rings. The van der Waals surface area contributed by atoms with Crippen LogP contribution in [0.3, 0.4) is 0 Å². The summed E-state index contributed by atoms with van der Waals surface area (Å²) in [5.74, 6) is 0.259. The second kappa shape index (κ2) is 10.3. The van der Waals surface area contributed by atoms with Crippen LogP contribution in [0.4, 0.5) is 5.82 Å². The largest absolute Gasteiger partial charge is 0.383 e. The number of hydrogen-bond donors (Lipinski definition) is 1. The highest BCUT2D eigenvalue weighted by atomic mass is 16.5. The molecule has 176 valence electrons. The molecule has 0 bridgehead atoms. The molecule has 7 heteroatoms. The van der Waals surface area contributed by atoms with Gasteiger partial charge in [0.15, 0.2) is 0 Å². The smallest absolute Gasteiger partial charge is 0.245 e.